The zero-order valence-electron chi connectivity index (χ0n) is 12.0. The van der Waals surface area contributed by atoms with Gasteiger partial charge in [0.2, 0.25) is 0 Å². The van der Waals surface area contributed by atoms with Gasteiger partial charge in [0.1, 0.15) is 6.10 Å². The molecule has 0 saturated heterocycles. The van der Waals surface area contributed by atoms with E-state index in [1.807, 2.05) is 0 Å². The number of ether oxygens (including phenoxy) is 1. The molecule has 3 aliphatic carbocycles. The molecule has 3 heteroatoms. The predicted molar refractivity (Wildman–Crippen MR) is 74.7 cm³/mol. The molecule has 3 aliphatic rings. The van der Waals surface area contributed by atoms with E-state index < -0.39 is 0 Å². The number of fused-ring (bicyclic) bond motifs is 2. The average Bonchev–Trinajstić information content (AvgIpc) is 3.18. The predicted octanol–water partition coefficient (Wildman–Crippen LogP) is 3.50. The standard InChI is InChI=1S/C16H25NO2/c1-10(2)7-8-17-16(18)19-15-13-5-3-11-9-12(11)4-6-14(13)15/h9-11,13-15H,3-8H2,1-2H3,(H,17,18). The lowest BCUT2D eigenvalue weighted by molar-refractivity contribution is 0.127. The summed E-state index contributed by atoms with van der Waals surface area (Å²) in [6, 6.07) is 0. The first-order chi connectivity index (χ1) is 9.15. The van der Waals surface area contributed by atoms with E-state index in [4.69, 9.17) is 4.74 Å². The first kappa shape index (κ1) is 13.0. The van der Waals surface area contributed by atoms with Crippen molar-refractivity contribution in [2.45, 2.75) is 52.1 Å². The van der Waals surface area contributed by atoms with Gasteiger partial charge in [0.15, 0.2) is 0 Å². The maximum atomic E-state index is 11.7. The van der Waals surface area contributed by atoms with Crippen molar-refractivity contribution in [3.05, 3.63) is 11.6 Å². The number of carbonyl (C=O) groups excluding carboxylic acids is 1. The van der Waals surface area contributed by atoms with Gasteiger partial charge in [-0.25, -0.2) is 4.79 Å². The molecule has 0 aromatic heterocycles. The van der Waals surface area contributed by atoms with Gasteiger partial charge in [-0.05, 0) is 43.9 Å². The molecule has 3 nitrogen and oxygen atoms in total. The molecule has 106 valence electrons. The first-order valence-electron chi connectivity index (χ1n) is 7.80. The number of rotatable bonds is 4. The normalized spacial score (nSPS) is 35.4. The summed E-state index contributed by atoms with van der Waals surface area (Å²) in [5, 5.41) is 2.87. The highest BCUT2D eigenvalue weighted by molar-refractivity contribution is 5.67. The molecule has 3 rings (SSSR count). The monoisotopic (exact) mass is 263 g/mol. The molecular formula is C16H25NO2. The third-order valence-corrected chi connectivity index (χ3v) is 4.85. The maximum Gasteiger partial charge on any atom is 0.407 e. The molecular weight excluding hydrogens is 238 g/mol. The summed E-state index contributed by atoms with van der Waals surface area (Å²) in [6.07, 6.45) is 8.41. The molecule has 19 heavy (non-hydrogen) atoms. The maximum absolute atomic E-state index is 11.7. The zero-order valence-corrected chi connectivity index (χ0v) is 12.0. The molecule has 0 heterocycles. The number of hydrogen-bond acceptors (Lipinski definition) is 2. The van der Waals surface area contributed by atoms with Gasteiger partial charge in [-0.15, -0.1) is 0 Å². The quantitative estimate of drug-likeness (QED) is 0.788. The SMILES string of the molecule is CC(C)CCNC(=O)OC1C2CCC3=CC3CCC21. The van der Waals surface area contributed by atoms with E-state index >= 15 is 0 Å². The molecule has 0 radical (unpaired) electrons. The minimum atomic E-state index is -0.207. The summed E-state index contributed by atoms with van der Waals surface area (Å²) < 4.78 is 5.58. The number of hydrogen-bond donors (Lipinski definition) is 1. The van der Waals surface area contributed by atoms with E-state index in [-0.39, 0.29) is 12.2 Å². The Hall–Kier alpha value is -0.990. The van der Waals surface area contributed by atoms with Crippen LogP contribution in [0.15, 0.2) is 11.6 Å². The largest absolute Gasteiger partial charge is 0.446 e. The lowest BCUT2D eigenvalue weighted by Crippen LogP contribution is -2.27. The summed E-state index contributed by atoms with van der Waals surface area (Å²) in [7, 11) is 0. The smallest absolute Gasteiger partial charge is 0.407 e. The molecule has 2 saturated carbocycles. The molecule has 1 amide bonds. The Morgan fingerprint density at radius 3 is 2.95 bits per heavy atom. The number of alkyl carbamates (subject to hydrolysis) is 1. The van der Waals surface area contributed by atoms with Crippen LogP contribution in [0.2, 0.25) is 0 Å². The Labute approximate surface area is 115 Å². The third kappa shape index (κ3) is 3.13. The molecule has 4 unspecified atom stereocenters. The van der Waals surface area contributed by atoms with Crippen LogP contribution in [0.25, 0.3) is 0 Å². The second-order valence-corrected chi connectivity index (χ2v) is 6.77. The van der Waals surface area contributed by atoms with Crippen LogP contribution < -0.4 is 5.32 Å². The van der Waals surface area contributed by atoms with Crippen molar-refractivity contribution >= 4 is 6.09 Å². The average molecular weight is 263 g/mol. The molecule has 0 spiro atoms. The van der Waals surface area contributed by atoms with Gasteiger partial charge in [-0.1, -0.05) is 25.5 Å². The Morgan fingerprint density at radius 1 is 1.37 bits per heavy atom. The molecule has 0 aromatic rings. The van der Waals surface area contributed by atoms with Crippen molar-refractivity contribution in [3.8, 4) is 0 Å². The zero-order chi connectivity index (χ0) is 13.4. The van der Waals surface area contributed by atoms with E-state index in [9.17, 15) is 4.79 Å². The highest BCUT2D eigenvalue weighted by Crippen LogP contribution is 2.54. The van der Waals surface area contributed by atoms with Gasteiger partial charge in [-0.3, -0.25) is 0 Å². The van der Waals surface area contributed by atoms with E-state index in [0.29, 0.717) is 17.8 Å². The lowest BCUT2D eigenvalue weighted by Gasteiger charge is -2.08. The van der Waals surface area contributed by atoms with Crippen molar-refractivity contribution < 1.29 is 9.53 Å². The van der Waals surface area contributed by atoms with Crippen molar-refractivity contribution in [1.29, 1.82) is 0 Å². The van der Waals surface area contributed by atoms with Crippen LogP contribution in [-0.4, -0.2) is 18.7 Å². The molecule has 2 fully saturated rings. The summed E-state index contributed by atoms with van der Waals surface area (Å²) in [4.78, 5) is 11.7. The van der Waals surface area contributed by atoms with E-state index in [2.05, 4.69) is 25.2 Å². The number of allylic oxidation sites excluding steroid dienone is 2. The van der Waals surface area contributed by atoms with Crippen LogP contribution in [0.5, 0.6) is 0 Å². The molecule has 0 aliphatic heterocycles. The van der Waals surface area contributed by atoms with Crippen LogP contribution in [0.3, 0.4) is 0 Å². The summed E-state index contributed by atoms with van der Waals surface area (Å²) >= 11 is 0. The highest BCUT2D eigenvalue weighted by Gasteiger charge is 2.53. The van der Waals surface area contributed by atoms with Gasteiger partial charge < -0.3 is 10.1 Å². The van der Waals surface area contributed by atoms with Gasteiger partial charge in [0, 0.05) is 18.4 Å². The van der Waals surface area contributed by atoms with Crippen molar-refractivity contribution in [3.63, 3.8) is 0 Å². The fraction of sp³-hybridized carbons (Fsp3) is 0.812. The van der Waals surface area contributed by atoms with Crippen molar-refractivity contribution in [1.82, 2.24) is 5.32 Å². The van der Waals surface area contributed by atoms with Gasteiger partial charge >= 0.3 is 6.09 Å². The van der Waals surface area contributed by atoms with Crippen LogP contribution >= 0.6 is 0 Å². The molecule has 0 bridgehead atoms. The van der Waals surface area contributed by atoms with Crippen LogP contribution in [-0.2, 0) is 4.74 Å². The topological polar surface area (TPSA) is 38.3 Å². The third-order valence-electron chi connectivity index (χ3n) is 4.85. The Bertz CT molecular complexity index is 388. The summed E-state index contributed by atoms with van der Waals surface area (Å²) in [5.41, 5.74) is 1.66. The lowest BCUT2D eigenvalue weighted by atomic mass is 10.0. The van der Waals surface area contributed by atoms with Gasteiger partial charge in [0.25, 0.3) is 0 Å². The second kappa shape index (κ2) is 5.18. The minimum absolute atomic E-state index is 0.206. The first-order valence-corrected chi connectivity index (χ1v) is 7.80. The minimum Gasteiger partial charge on any atom is -0.446 e. The highest BCUT2D eigenvalue weighted by atomic mass is 16.6. The Kier molecular flexibility index (Phi) is 3.55. The van der Waals surface area contributed by atoms with E-state index in [1.54, 1.807) is 5.57 Å². The van der Waals surface area contributed by atoms with E-state index in [0.717, 1.165) is 18.9 Å². The van der Waals surface area contributed by atoms with Crippen LogP contribution in [0, 0.1) is 23.7 Å². The molecule has 4 atom stereocenters. The number of amides is 1. The summed E-state index contributed by atoms with van der Waals surface area (Å²) in [5.74, 6) is 2.71. The fourth-order valence-electron chi connectivity index (χ4n) is 3.42. The number of carbonyl (C=O) groups is 1. The van der Waals surface area contributed by atoms with Crippen LogP contribution in [0.1, 0.15) is 46.0 Å². The van der Waals surface area contributed by atoms with Crippen LogP contribution in [0.4, 0.5) is 4.79 Å². The van der Waals surface area contributed by atoms with Crippen molar-refractivity contribution in [2.75, 3.05) is 6.54 Å². The fourth-order valence-corrected chi connectivity index (χ4v) is 3.42. The van der Waals surface area contributed by atoms with Crippen molar-refractivity contribution in [2.24, 2.45) is 23.7 Å². The summed E-state index contributed by atoms with van der Waals surface area (Å²) in [6.45, 7) is 5.05. The number of nitrogens with one attached hydrogen (secondary N) is 1. The molecule has 0 aromatic carbocycles. The molecule has 1 N–H and O–H groups in total. The van der Waals surface area contributed by atoms with Gasteiger partial charge in [-0.2, -0.15) is 0 Å². The van der Waals surface area contributed by atoms with E-state index in [1.165, 1.54) is 25.7 Å². The van der Waals surface area contributed by atoms with Gasteiger partial charge in [0.05, 0.1) is 0 Å². The Morgan fingerprint density at radius 2 is 2.16 bits per heavy atom. The second-order valence-electron chi connectivity index (χ2n) is 6.77. The Balaban J connectivity index is 1.39.